The molecule has 5 nitrogen and oxygen atoms in total. The minimum Gasteiger partial charge on any atom is -0.367 e. The van der Waals surface area contributed by atoms with E-state index in [9.17, 15) is 5.26 Å². The fourth-order valence-electron chi connectivity index (χ4n) is 2.20. The lowest BCUT2D eigenvalue weighted by Gasteiger charge is -2.32. The van der Waals surface area contributed by atoms with E-state index in [1.54, 1.807) is 6.07 Å². The van der Waals surface area contributed by atoms with Crippen LogP contribution < -0.4 is 5.31 Å². The molecule has 27 heavy (non-hydrogen) atoms. The molecule has 1 aliphatic heterocycles. The van der Waals surface area contributed by atoms with Crippen LogP contribution in [0, 0.1) is 18.3 Å². The van der Waals surface area contributed by atoms with Crippen molar-refractivity contribution >= 4 is 39.0 Å². The molecule has 3 aromatic rings. The maximum absolute atomic E-state index is 9.46. The first-order chi connectivity index (χ1) is 18.6. The second-order valence-corrected chi connectivity index (χ2v) is 6.91. The number of piperidine rings is 1. The zero-order chi connectivity index (χ0) is 31.2. The van der Waals surface area contributed by atoms with Crippen LogP contribution in [0.3, 0.4) is 0 Å². The van der Waals surface area contributed by atoms with Gasteiger partial charge in [-0.1, -0.05) is 23.7 Å². The van der Waals surface area contributed by atoms with Gasteiger partial charge in [0.15, 0.2) is 1.41 Å². The largest absolute Gasteiger partial charge is 0.367 e. The molecule has 1 saturated heterocycles. The van der Waals surface area contributed by atoms with Gasteiger partial charge in [-0.15, -0.1) is 11.3 Å². The zero-order valence-corrected chi connectivity index (χ0v) is 15.3. The average Bonchev–Trinajstić information content (AvgIpc) is 3.15. The minimum absolute atomic E-state index is 0.0280. The minimum atomic E-state index is -3.84. The number of anilines is 1. The zero-order valence-electron chi connectivity index (χ0n) is 27.8. The molecule has 1 atom stereocenters. The van der Waals surface area contributed by atoms with E-state index in [0.29, 0.717) is 0 Å². The van der Waals surface area contributed by atoms with Crippen LogP contribution in [0.5, 0.6) is 0 Å². The maximum atomic E-state index is 9.46. The van der Waals surface area contributed by atoms with E-state index in [1.807, 2.05) is 0 Å². The third kappa shape index (κ3) is 4.06. The lowest BCUT2D eigenvalue weighted by molar-refractivity contribution is 0.211. The van der Waals surface area contributed by atoms with E-state index in [1.165, 1.54) is 6.92 Å². The first-order valence-corrected chi connectivity index (χ1v) is 8.75. The van der Waals surface area contributed by atoms with E-state index in [2.05, 4.69) is 9.97 Å². The number of nitrogens with zero attached hydrogens (tertiary/aromatic N) is 4. The molecule has 4 rings (SSSR count). The first-order valence-electron chi connectivity index (χ1n) is 14.6. The van der Waals surface area contributed by atoms with Gasteiger partial charge in [0.05, 0.1) is 26.8 Å². The predicted octanol–water partition coefficient (Wildman–Crippen LogP) is 4.60. The summed E-state index contributed by atoms with van der Waals surface area (Å²) in [5.74, 6) is -0.701. The highest BCUT2D eigenvalue weighted by atomic mass is 35.5. The van der Waals surface area contributed by atoms with Gasteiger partial charge in [0.1, 0.15) is 17.0 Å². The maximum Gasteiger partial charge on any atom is 0.162 e. The summed E-state index contributed by atoms with van der Waals surface area (Å²) >= 11 is 6.80. The predicted molar refractivity (Wildman–Crippen MR) is 110 cm³/mol. The Kier molecular flexibility index (Phi) is 2.33. The molecule has 0 radical (unpaired) electrons. The van der Waals surface area contributed by atoms with Gasteiger partial charge in [-0.25, -0.2) is 9.97 Å². The van der Waals surface area contributed by atoms with Gasteiger partial charge in [0.25, 0.3) is 0 Å². The number of benzene rings is 1. The second kappa shape index (κ2) is 7.81. The Hall–Kier alpha value is -2.20. The third-order valence-corrected chi connectivity index (χ3v) is 4.59. The van der Waals surface area contributed by atoms with Gasteiger partial charge in [-0.3, -0.25) is 4.90 Å². The van der Waals surface area contributed by atoms with E-state index in [0.717, 1.165) is 23.7 Å². The topological polar surface area (TPSA) is 64.8 Å². The molecule has 0 bridgehead atoms. The second-order valence-electron chi connectivity index (χ2n) is 5.31. The SMILES string of the molecule is [2H]c1cc(C)c(C#N)c([2H])c1C([2H])N1C([2H])([2H])C([2H])([2H])C([2H])(N([2H])c2ncnc3sc(Cl)c([2H])c23)C([2H])([2H])C1([2H])[2H]. The number of hydrogen-bond donors (Lipinski definition) is 1. The summed E-state index contributed by atoms with van der Waals surface area (Å²) in [6, 6.07) is -2.65. The number of rotatable bonds is 4. The number of nitriles is 1. The highest BCUT2D eigenvalue weighted by molar-refractivity contribution is 7.22. The number of aromatic nitrogens is 2. The molecule has 1 N–H and O–H groups in total. The van der Waals surface area contributed by atoms with Crippen molar-refractivity contribution in [2.24, 2.45) is 0 Å². The molecule has 0 aliphatic carbocycles. The number of nitrogens with one attached hydrogen (secondary N) is 1. The summed E-state index contributed by atoms with van der Waals surface area (Å²) in [5, 5.41) is 9.05. The summed E-state index contributed by atoms with van der Waals surface area (Å²) in [5.41, 5.74) is -0.795. The highest BCUT2D eigenvalue weighted by Gasteiger charge is 2.20. The fourth-order valence-corrected chi connectivity index (χ4v) is 3.18. The number of aryl methyl sites for hydroxylation is 1. The molecule has 3 heterocycles. The van der Waals surface area contributed by atoms with Crippen LogP contribution in [0.4, 0.5) is 5.82 Å². The molecule has 1 aromatic carbocycles. The summed E-state index contributed by atoms with van der Waals surface area (Å²) in [7, 11) is 0. The van der Waals surface area contributed by atoms with Crippen molar-refractivity contribution in [3.63, 3.8) is 0 Å². The molecule has 0 spiro atoms. The van der Waals surface area contributed by atoms with Crippen LogP contribution in [-0.4, -0.2) is 33.9 Å². The molecule has 2 aromatic heterocycles. The Morgan fingerprint density at radius 1 is 1.56 bits per heavy atom. The molecular formula is C20H20ClN5S. The summed E-state index contributed by atoms with van der Waals surface area (Å²) in [4.78, 5) is 7.59. The van der Waals surface area contributed by atoms with Crippen molar-refractivity contribution in [1.29, 1.82) is 5.26 Å². The molecule has 1 unspecified atom stereocenters. The van der Waals surface area contributed by atoms with Crippen molar-refractivity contribution in [1.82, 2.24) is 14.9 Å². The lowest BCUT2D eigenvalue weighted by Crippen LogP contribution is -2.38. The van der Waals surface area contributed by atoms with Gasteiger partial charge in [-0.2, -0.15) is 5.26 Å². The Labute approximate surface area is 187 Å². The van der Waals surface area contributed by atoms with Crippen molar-refractivity contribution in [2.75, 3.05) is 18.3 Å². The smallest absolute Gasteiger partial charge is 0.162 e. The summed E-state index contributed by atoms with van der Waals surface area (Å²) < 4.78 is 121. The van der Waals surface area contributed by atoms with Gasteiger partial charge in [0.2, 0.25) is 0 Å². The molecule has 138 valence electrons. The molecule has 1 fully saturated rings. The van der Waals surface area contributed by atoms with E-state index in [4.69, 9.17) is 30.8 Å². The Morgan fingerprint density at radius 2 is 2.37 bits per heavy atom. The first kappa shape index (κ1) is 8.04. The van der Waals surface area contributed by atoms with E-state index in [-0.39, 0.29) is 35.9 Å². The number of halogens is 1. The molecule has 0 amide bonds. The number of hydrogen-bond acceptors (Lipinski definition) is 6. The van der Waals surface area contributed by atoms with Gasteiger partial charge < -0.3 is 5.31 Å². The van der Waals surface area contributed by atoms with Gasteiger partial charge in [0, 0.05) is 37.9 Å². The van der Waals surface area contributed by atoms with E-state index >= 15 is 0 Å². The van der Waals surface area contributed by atoms with Crippen molar-refractivity contribution in [3.05, 3.63) is 51.5 Å². The van der Waals surface area contributed by atoms with Crippen molar-refractivity contribution in [2.45, 2.75) is 32.2 Å². The van der Waals surface area contributed by atoms with Crippen LogP contribution in [0.15, 0.2) is 30.5 Å². The normalized spacial score (nSPS) is 33.1. The standard InChI is InChI=1S/C20H20ClN5S/c1-13-2-3-14(8-15(13)10-22)11-26-6-4-16(5-7-26)25-19-17-9-18(21)27-20(17)24-12-23-19/h2-3,8-9,12,16H,4-7,11H2,1H3,(H,23,24,25)/i3D,4D2,5D2,6D2,7D2,8D,9D,11D,16D/hD. The number of likely N-dealkylation sites (tertiary alicyclic amines) is 1. The Bertz CT molecular complexity index is 1580. The lowest BCUT2D eigenvalue weighted by atomic mass is 10.0. The van der Waals surface area contributed by atoms with Crippen molar-refractivity contribution in [3.8, 4) is 6.07 Å². The van der Waals surface area contributed by atoms with E-state index < -0.39 is 67.8 Å². The van der Waals surface area contributed by atoms with Crippen LogP contribution in [0.25, 0.3) is 10.2 Å². The van der Waals surface area contributed by atoms with Gasteiger partial charge in [-0.05, 0) is 42.9 Å². The fraction of sp³-hybridized carbons (Fsp3) is 0.350. The van der Waals surface area contributed by atoms with Crippen LogP contribution in [0.2, 0.25) is 5.75 Å². The quantitative estimate of drug-likeness (QED) is 0.679. The third-order valence-electron chi connectivity index (χ3n) is 3.48. The molecule has 1 aliphatic rings. The molecule has 7 heteroatoms. The number of thiophene rings is 1. The summed E-state index contributed by atoms with van der Waals surface area (Å²) in [6.07, 6.45) is -6.81. The van der Waals surface area contributed by atoms with Crippen LogP contribution in [-0.2, 0) is 6.52 Å². The van der Waals surface area contributed by atoms with Gasteiger partial charge >= 0.3 is 0 Å². The molecule has 0 saturated carbocycles. The monoisotopic (exact) mass is 411 g/mol. The Morgan fingerprint density at radius 3 is 3.15 bits per heavy atom. The van der Waals surface area contributed by atoms with Crippen LogP contribution in [0.1, 0.15) is 47.3 Å². The van der Waals surface area contributed by atoms with Crippen LogP contribution >= 0.6 is 22.9 Å². The Balaban J connectivity index is 1.99. The molecular weight excluding hydrogens is 378 g/mol. The van der Waals surface area contributed by atoms with Crippen molar-refractivity contribution < 1.29 is 19.2 Å². The summed E-state index contributed by atoms with van der Waals surface area (Å²) in [6.45, 7) is -8.54. The number of fused-ring (bicyclic) bond motifs is 1. The highest BCUT2D eigenvalue weighted by Crippen LogP contribution is 2.32. The average molecular weight is 412 g/mol.